The maximum atomic E-state index is 12.9. The van der Waals surface area contributed by atoms with E-state index in [1.54, 1.807) is 24.3 Å². The molecule has 1 saturated heterocycles. The quantitative estimate of drug-likeness (QED) is 0.429. The number of hydrogen-bond donors (Lipinski definition) is 1. The zero-order chi connectivity index (χ0) is 24.7. The fourth-order valence-corrected chi connectivity index (χ4v) is 7.03. The van der Waals surface area contributed by atoms with E-state index >= 15 is 0 Å². The third-order valence-electron chi connectivity index (χ3n) is 5.53. The van der Waals surface area contributed by atoms with Gasteiger partial charge in [-0.3, -0.25) is 4.57 Å². The summed E-state index contributed by atoms with van der Waals surface area (Å²) >= 11 is 0. The van der Waals surface area contributed by atoms with Crippen LogP contribution in [0.3, 0.4) is 0 Å². The van der Waals surface area contributed by atoms with Gasteiger partial charge >= 0.3 is 5.76 Å². The number of nitrogens with two attached hydrogens (primary N) is 1. The summed E-state index contributed by atoms with van der Waals surface area (Å²) in [5.41, 5.74) is 0.855. The van der Waals surface area contributed by atoms with Crippen LogP contribution >= 0.6 is 0 Å². The van der Waals surface area contributed by atoms with Crippen molar-refractivity contribution in [3.8, 4) is 0 Å². The highest BCUT2D eigenvalue weighted by Crippen LogP contribution is 2.21. The fourth-order valence-electron chi connectivity index (χ4n) is 3.70. The molecule has 2 aromatic carbocycles. The minimum Gasteiger partial charge on any atom is -0.408 e. The molecule has 0 unspecified atom stereocenters. The molecule has 2 N–H and O–H groups in total. The molecule has 12 nitrogen and oxygen atoms in total. The van der Waals surface area contributed by atoms with Crippen LogP contribution in [0, 0.1) is 0 Å². The lowest BCUT2D eigenvalue weighted by Gasteiger charge is -2.33. The Kier molecular flexibility index (Phi) is 6.43. The zero-order valence-electron chi connectivity index (χ0n) is 17.8. The molecule has 0 saturated carbocycles. The lowest BCUT2D eigenvalue weighted by Crippen LogP contribution is -2.51. The van der Waals surface area contributed by atoms with E-state index in [0.29, 0.717) is 11.1 Å². The summed E-state index contributed by atoms with van der Waals surface area (Å²) in [5, 5.41) is 5.03. The van der Waals surface area contributed by atoms with Crippen LogP contribution in [0.5, 0.6) is 0 Å². The van der Waals surface area contributed by atoms with Crippen molar-refractivity contribution in [1.82, 2.24) is 13.2 Å². The first-order valence-corrected chi connectivity index (χ1v) is 14.7. The number of piperazine rings is 1. The molecule has 1 aliphatic heterocycles. The molecule has 1 aliphatic rings. The molecule has 0 amide bonds. The van der Waals surface area contributed by atoms with Gasteiger partial charge in [0.2, 0.25) is 30.1 Å². The molecule has 0 atom stereocenters. The van der Waals surface area contributed by atoms with Crippen LogP contribution < -0.4 is 10.9 Å². The molecule has 2 heterocycles. The number of oxazole rings is 1. The number of hydrogen-bond acceptors (Lipinski definition) is 8. The van der Waals surface area contributed by atoms with E-state index in [0.717, 1.165) is 28.6 Å². The number of primary sulfonamides is 1. The largest absolute Gasteiger partial charge is 0.419 e. The summed E-state index contributed by atoms with van der Waals surface area (Å²) in [4.78, 5) is 11.7. The fraction of sp³-hybridized carbons (Fsp3) is 0.316. The van der Waals surface area contributed by atoms with Crippen LogP contribution in [0.15, 0.2) is 67.5 Å². The molecule has 0 spiro atoms. The second-order valence-electron chi connectivity index (χ2n) is 7.62. The van der Waals surface area contributed by atoms with Crippen LogP contribution in [-0.2, 0) is 36.6 Å². The van der Waals surface area contributed by atoms with E-state index in [9.17, 15) is 30.0 Å². The molecule has 184 valence electrons. The minimum atomic E-state index is -3.96. The molecule has 15 heteroatoms. The lowest BCUT2D eigenvalue weighted by molar-refractivity contribution is 0.272. The zero-order valence-corrected chi connectivity index (χ0v) is 20.2. The predicted molar refractivity (Wildman–Crippen MR) is 122 cm³/mol. The Hall–Kier alpha value is -2.56. The second-order valence-corrected chi connectivity index (χ2v) is 13.2. The number of aromatic nitrogens is 1. The number of rotatable bonds is 7. The molecular weight excluding hydrogens is 508 g/mol. The van der Waals surface area contributed by atoms with Crippen molar-refractivity contribution in [3.63, 3.8) is 0 Å². The molecule has 0 radical (unpaired) electrons. The predicted octanol–water partition coefficient (Wildman–Crippen LogP) is -0.422. The van der Waals surface area contributed by atoms with Crippen molar-refractivity contribution in [3.05, 3.63) is 59.1 Å². The Morgan fingerprint density at radius 3 is 1.97 bits per heavy atom. The maximum absolute atomic E-state index is 12.9. The SMILES string of the molecule is NS(=O)(=O)c1ccc(S(=O)(=O)N2CCN(S(=O)(=O)CCn3c(=O)oc4ccccc43)CC2)cc1. The number of fused-ring (bicyclic) bond motifs is 1. The number of benzene rings is 2. The average Bonchev–Trinajstić information content (AvgIpc) is 3.12. The Labute approximate surface area is 196 Å². The number of sulfonamides is 3. The minimum absolute atomic E-state index is 0.0577. The summed E-state index contributed by atoms with van der Waals surface area (Å²) in [6.45, 7) is -0.372. The Morgan fingerprint density at radius 2 is 1.35 bits per heavy atom. The highest BCUT2D eigenvalue weighted by molar-refractivity contribution is 7.90. The van der Waals surface area contributed by atoms with Crippen LogP contribution in [-0.4, -0.2) is 70.4 Å². The van der Waals surface area contributed by atoms with Gasteiger partial charge in [0.1, 0.15) is 0 Å². The van der Waals surface area contributed by atoms with E-state index in [1.807, 2.05) is 0 Å². The monoisotopic (exact) mass is 530 g/mol. The van der Waals surface area contributed by atoms with Crippen molar-refractivity contribution in [2.24, 2.45) is 5.14 Å². The van der Waals surface area contributed by atoms with Crippen molar-refractivity contribution in [2.75, 3.05) is 31.9 Å². The van der Waals surface area contributed by atoms with Crippen molar-refractivity contribution in [2.45, 2.75) is 16.3 Å². The van der Waals surface area contributed by atoms with Crippen molar-refractivity contribution in [1.29, 1.82) is 0 Å². The molecule has 4 rings (SSSR count). The van der Waals surface area contributed by atoms with Crippen molar-refractivity contribution >= 4 is 41.2 Å². The van der Waals surface area contributed by atoms with E-state index in [2.05, 4.69) is 0 Å². The summed E-state index contributed by atoms with van der Waals surface area (Å²) in [5.74, 6) is -1.00. The average molecular weight is 531 g/mol. The Morgan fingerprint density at radius 1 is 0.794 bits per heavy atom. The maximum Gasteiger partial charge on any atom is 0.419 e. The second kappa shape index (κ2) is 8.90. The smallest absolute Gasteiger partial charge is 0.408 e. The van der Waals surface area contributed by atoms with Gasteiger partial charge in [-0.15, -0.1) is 0 Å². The number of para-hydroxylation sites is 2. The van der Waals surface area contributed by atoms with Crippen LogP contribution in [0.2, 0.25) is 0 Å². The van der Waals surface area contributed by atoms with Crippen LogP contribution in [0.25, 0.3) is 11.1 Å². The van der Waals surface area contributed by atoms with Crippen LogP contribution in [0.4, 0.5) is 0 Å². The van der Waals surface area contributed by atoms with Gasteiger partial charge in [0.15, 0.2) is 5.58 Å². The highest BCUT2D eigenvalue weighted by atomic mass is 32.2. The lowest BCUT2D eigenvalue weighted by atomic mass is 10.3. The first-order chi connectivity index (χ1) is 15.9. The molecule has 1 aromatic heterocycles. The topological polar surface area (TPSA) is 170 Å². The molecule has 1 fully saturated rings. The van der Waals surface area contributed by atoms with Gasteiger partial charge in [-0.1, -0.05) is 12.1 Å². The summed E-state index contributed by atoms with van der Waals surface area (Å²) in [6, 6.07) is 11.2. The van der Waals surface area contributed by atoms with E-state index < -0.39 is 35.8 Å². The number of nitrogens with zero attached hydrogens (tertiary/aromatic N) is 3. The van der Waals surface area contributed by atoms with Gasteiger partial charge in [-0.05, 0) is 36.4 Å². The molecule has 3 aromatic rings. The molecule has 0 bridgehead atoms. The van der Waals surface area contributed by atoms with Gasteiger partial charge < -0.3 is 4.42 Å². The van der Waals surface area contributed by atoms with Gasteiger partial charge in [-0.2, -0.15) is 8.61 Å². The first kappa shape index (κ1) is 24.6. The van der Waals surface area contributed by atoms with Gasteiger partial charge in [0, 0.05) is 32.7 Å². The van der Waals surface area contributed by atoms with Gasteiger partial charge in [0.25, 0.3) is 0 Å². The highest BCUT2D eigenvalue weighted by Gasteiger charge is 2.33. The standard InChI is InChI=1S/C19H22N4O8S3/c20-33(27,28)15-5-7-16(8-6-15)34(29,30)22-11-9-21(10-12-22)32(25,26)14-13-23-17-3-1-2-4-18(17)31-19(23)24/h1-8H,9-14H2,(H2,20,27,28). The number of aryl methyl sites for hydroxylation is 1. The van der Waals surface area contributed by atoms with Crippen molar-refractivity contribution < 1.29 is 29.7 Å². The molecular formula is C19H22N4O8S3. The first-order valence-electron chi connectivity index (χ1n) is 10.1. The third kappa shape index (κ3) is 4.80. The van der Waals surface area contributed by atoms with E-state index in [4.69, 9.17) is 9.56 Å². The third-order valence-corrected chi connectivity index (χ3v) is 10.2. The van der Waals surface area contributed by atoms with Gasteiger partial charge in [-0.25, -0.2) is 35.2 Å². The summed E-state index contributed by atoms with van der Waals surface area (Å²) in [7, 11) is -11.7. The van der Waals surface area contributed by atoms with Gasteiger partial charge in [0.05, 0.1) is 21.1 Å². The van der Waals surface area contributed by atoms with E-state index in [-0.39, 0.29) is 48.3 Å². The molecule has 0 aliphatic carbocycles. The van der Waals surface area contributed by atoms with Crippen LogP contribution in [0.1, 0.15) is 0 Å². The Bertz CT molecular complexity index is 1580. The Balaban J connectivity index is 1.42. The summed E-state index contributed by atoms with van der Waals surface area (Å²) < 4.78 is 82.8. The molecule has 34 heavy (non-hydrogen) atoms. The summed E-state index contributed by atoms with van der Waals surface area (Å²) in [6.07, 6.45) is 0. The van der Waals surface area contributed by atoms with E-state index in [1.165, 1.54) is 8.87 Å². The normalized spacial score (nSPS) is 16.7.